The van der Waals surface area contributed by atoms with E-state index in [1.54, 1.807) is 13.8 Å². The molecule has 0 unspecified atom stereocenters. The first-order valence-electron chi connectivity index (χ1n) is 6.77. The van der Waals surface area contributed by atoms with Crippen LogP contribution in [0.1, 0.15) is 28.7 Å². The number of nitrogens with one attached hydrogen (secondary N) is 1. The van der Waals surface area contributed by atoms with Crippen molar-refractivity contribution in [2.24, 2.45) is 0 Å². The van der Waals surface area contributed by atoms with E-state index in [1.807, 2.05) is 6.92 Å². The number of nitrogens with zero attached hydrogens (tertiary/aromatic N) is 2. The van der Waals surface area contributed by atoms with E-state index in [9.17, 15) is 17.6 Å². The fourth-order valence-corrected chi connectivity index (χ4v) is 3.79. The lowest BCUT2D eigenvalue weighted by Gasteiger charge is -2.10. The molecule has 0 amide bonds. The second-order valence-corrected chi connectivity index (χ2v) is 6.54. The third-order valence-electron chi connectivity index (χ3n) is 3.34. The molecular weight excluding hydrogens is 325 g/mol. The van der Waals surface area contributed by atoms with Gasteiger partial charge in [-0.2, -0.15) is 5.10 Å². The normalized spacial score (nSPS) is 11.5. The number of aromatic nitrogens is 2. The summed E-state index contributed by atoms with van der Waals surface area (Å²) < 4.78 is 42.6. The van der Waals surface area contributed by atoms with Crippen LogP contribution in [-0.2, 0) is 16.6 Å². The molecule has 0 spiro atoms. The Bertz CT molecular complexity index is 874. The van der Waals surface area contributed by atoms with E-state index in [0.29, 0.717) is 17.9 Å². The summed E-state index contributed by atoms with van der Waals surface area (Å²) in [5, 5.41) is 12.9. The van der Waals surface area contributed by atoms with Crippen LogP contribution in [0.3, 0.4) is 0 Å². The van der Waals surface area contributed by atoms with Gasteiger partial charge in [0.2, 0.25) is 0 Å². The fourth-order valence-electron chi connectivity index (χ4n) is 2.30. The van der Waals surface area contributed by atoms with Gasteiger partial charge in [0, 0.05) is 6.54 Å². The number of carboxylic acid groups (broad SMARTS) is 1. The second-order valence-electron chi connectivity index (χ2n) is 4.92. The van der Waals surface area contributed by atoms with Gasteiger partial charge in [0.05, 0.1) is 22.6 Å². The Morgan fingerprint density at radius 2 is 2.04 bits per heavy atom. The lowest BCUT2D eigenvalue weighted by molar-refractivity contribution is 0.0696. The molecule has 0 aliphatic heterocycles. The number of hydrogen-bond acceptors (Lipinski definition) is 4. The number of aromatic carboxylic acids is 1. The van der Waals surface area contributed by atoms with Crippen molar-refractivity contribution >= 4 is 21.7 Å². The zero-order valence-electron chi connectivity index (χ0n) is 12.8. The first kappa shape index (κ1) is 16.9. The molecule has 0 aliphatic rings. The summed E-state index contributed by atoms with van der Waals surface area (Å²) in [6.45, 7) is 5.50. The van der Waals surface area contributed by atoms with Crippen LogP contribution in [0, 0.1) is 19.7 Å². The average Bonchev–Trinajstić information content (AvgIpc) is 2.75. The summed E-state index contributed by atoms with van der Waals surface area (Å²) in [5.74, 6) is -2.26. The molecule has 0 saturated heterocycles. The van der Waals surface area contributed by atoms with Crippen LogP contribution in [0.4, 0.5) is 10.1 Å². The molecular formula is C14H16FN3O4S. The van der Waals surface area contributed by atoms with Crippen LogP contribution >= 0.6 is 0 Å². The molecule has 7 nitrogen and oxygen atoms in total. The molecule has 23 heavy (non-hydrogen) atoms. The second kappa shape index (κ2) is 5.99. The molecule has 0 fully saturated rings. The van der Waals surface area contributed by atoms with Crippen LogP contribution in [-0.4, -0.2) is 29.3 Å². The van der Waals surface area contributed by atoms with E-state index in [1.165, 1.54) is 4.68 Å². The standard InChI is InChI=1S/C14H16FN3O4S/c1-4-18-9(3)13(8(2)16-18)23(21,22)17-12-6-5-10(14(19)20)7-11(12)15/h5-7,17H,4H2,1-3H3,(H,19,20). The SMILES string of the molecule is CCn1nc(C)c(S(=O)(=O)Nc2ccc(C(=O)O)cc2F)c1C. The Morgan fingerprint density at radius 1 is 1.39 bits per heavy atom. The van der Waals surface area contributed by atoms with Crippen LogP contribution in [0.15, 0.2) is 23.1 Å². The highest BCUT2D eigenvalue weighted by atomic mass is 32.2. The maximum atomic E-state index is 13.9. The van der Waals surface area contributed by atoms with Crippen molar-refractivity contribution in [3.05, 3.63) is 41.0 Å². The maximum Gasteiger partial charge on any atom is 0.335 e. The highest BCUT2D eigenvalue weighted by Crippen LogP contribution is 2.24. The van der Waals surface area contributed by atoms with Crippen molar-refractivity contribution in [1.29, 1.82) is 0 Å². The topological polar surface area (TPSA) is 101 Å². The number of rotatable bonds is 5. The lowest BCUT2D eigenvalue weighted by Crippen LogP contribution is -2.16. The summed E-state index contributed by atoms with van der Waals surface area (Å²) in [6.07, 6.45) is 0. The summed E-state index contributed by atoms with van der Waals surface area (Å²) in [6, 6.07) is 2.96. The van der Waals surface area contributed by atoms with Gasteiger partial charge in [0.25, 0.3) is 10.0 Å². The maximum absolute atomic E-state index is 13.9. The Kier molecular flexibility index (Phi) is 4.42. The Labute approximate surface area is 132 Å². The highest BCUT2D eigenvalue weighted by molar-refractivity contribution is 7.92. The van der Waals surface area contributed by atoms with E-state index >= 15 is 0 Å². The third-order valence-corrected chi connectivity index (χ3v) is 4.96. The van der Waals surface area contributed by atoms with E-state index in [4.69, 9.17) is 5.11 Å². The van der Waals surface area contributed by atoms with Crippen molar-refractivity contribution in [2.45, 2.75) is 32.2 Å². The van der Waals surface area contributed by atoms with Gasteiger partial charge in [-0.1, -0.05) is 0 Å². The van der Waals surface area contributed by atoms with Crippen molar-refractivity contribution < 1.29 is 22.7 Å². The van der Waals surface area contributed by atoms with Crippen molar-refractivity contribution in [1.82, 2.24) is 9.78 Å². The molecule has 1 heterocycles. The van der Waals surface area contributed by atoms with Gasteiger partial charge in [0.1, 0.15) is 10.7 Å². The number of hydrogen-bond donors (Lipinski definition) is 2. The van der Waals surface area contributed by atoms with Gasteiger partial charge >= 0.3 is 5.97 Å². The molecule has 0 atom stereocenters. The quantitative estimate of drug-likeness (QED) is 0.868. The van der Waals surface area contributed by atoms with Crippen LogP contribution in [0.2, 0.25) is 0 Å². The zero-order valence-corrected chi connectivity index (χ0v) is 13.6. The predicted octanol–water partition coefficient (Wildman–Crippen LogP) is 2.16. The number of halogens is 1. The van der Waals surface area contributed by atoms with E-state index in [0.717, 1.165) is 18.2 Å². The highest BCUT2D eigenvalue weighted by Gasteiger charge is 2.25. The van der Waals surface area contributed by atoms with Crippen LogP contribution in [0.5, 0.6) is 0 Å². The van der Waals surface area contributed by atoms with E-state index in [-0.39, 0.29) is 16.1 Å². The lowest BCUT2D eigenvalue weighted by atomic mass is 10.2. The van der Waals surface area contributed by atoms with Gasteiger partial charge in [0.15, 0.2) is 0 Å². The predicted molar refractivity (Wildman–Crippen MR) is 81.5 cm³/mol. The molecule has 9 heteroatoms. The van der Waals surface area contributed by atoms with Gasteiger partial charge in [-0.25, -0.2) is 17.6 Å². The van der Waals surface area contributed by atoms with Crippen molar-refractivity contribution in [2.75, 3.05) is 4.72 Å². The molecule has 1 aromatic heterocycles. The Morgan fingerprint density at radius 3 is 2.52 bits per heavy atom. The molecule has 0 radical (unpaired) electrons. The molecule has 2 rings (SSSR count). The molecule has 0 bridgehead atoms. The first-order chi connectivity index (χ1) is 10.7. The number of aryl methyl sites for hydroxylation is 2. The molecule has 2 aromatic rings. The minimum Gasteiger partial charge on any atom is -0.478 e. The molecule has 1 aromatic carbocycles. The minimum atomic E-state index is -4.04. The van der Waals surface area contributed by atoms with Crippen LogP contribution in [0.25, 0.3) is 0 Å². The minimum absolute atomic E-state index is 0.0129. The number of sulfonamides is 1. The number of carbonyl (C=O) groups is 1. The van der Waals surface area contributed by atoms with E-state index < -0.39 is 21.8 Å². The fraction of sp³-hybridized carbons (Fsp3) is 0.286. The number of benzene rings is 1. The Hall–Kier alpha value is -2.42. The average molecular weight is 341 g/mol. The van der Waals surface area contributed by atoms with Gasteiger partial charge in [-0.3, -0.25) is 9.40 Å². The van der Waals surface area contributed by atoms with Gasteiger partial charge in [-0.05, 0) is 39.0 Å². The zero-order chi connectivity index (χ0) is 17.4. The molecule has 0 aliphatic carbocycles. The summed E-state index contributed by atoms with van der Waals surface area (Å²) >= 11 is 0. The Balaban J connectivity index is 2.43. The van der Waals surface area contributed by atoms with Gasteiger partial charge in [-0.15, -0.1) is 0 Å². The van der Waals surface area contributed by atoms with Crippen LogP contribution < -0.4 is 4.72 Å². The number of carboxylic acids is 1. The first-order valence-corrected chi connectivity index (χ1v) is 8.25. The van der Waals surface area contributed by atoms with Gasteiger partial charge < -0.3 is 5.11 Å². The monoisotopic (exact) mass is 341 g/mol. The van der Waals surface area contributed by atoms with Crippen molar-refractivity contribution in [3.8, 4) is 0 Å². The van der Waals surface area contributed by atoms with E-state index in [2.05, 4.69) is 9.82 Å². The largest absolute Gasteiger partial charge is 0.478 e. The molecule has 124 valence electrons. The summed E-state index contributed by atoms with van der Waals surface area (Å²) in [4.78, 5) is 10.8. The summed E-state index contributed by atoms with van der Waals surface area (Å²) in [7, 11) is -4.04. The molecule has 2 N–H and O–H groups in total. The smallest absolute Gasteiger partial charge is 0.335 e. The summed E-state index contributed by atoms with van der Waals surface area (Å²) in [5.41, 5.74) is 0.161. The molecule has 0 saturated carbocycles. The number of anilines is 1. The third kappa shape index (κ3) is 3.19. The van der Waals surface area contributed by atoms with Crippen molar-refractivity contribution in [3.63, 3.8) is 0 Å².